The van der Waals surface area contributed by atoms with Crippen LogP contribution in [0.1, 0.15) is 32.8 Å². The van der Waals surface area contributed by atoms with Gasteiger partial charge in [-0.2, -0.15) is 0 Å². The van der Waals surface area contributed by atoms with Crippen LogP contribution in [0.5, 0.6) is 0 Å². The van der Waals surface area contributed by atoms with Crippen LogP contribution in [0.4, 0.5) is 4.79 Å². The summed E-state index contributed by atoms with van der Waals surface area (Å²) in [7, 11) is 0. The number of carboxylic acids is 1. The normalized spacial score (nSPS) is 14.1. The van der Waals surface area contributed by atoms with Gasteiger partial charge in [0.25, 0.3) is 0 Å². The van der Waals surface area contributed by atoms with Crippen molar-refractivity contribution in [1.82, 2.24) is 10.6 Å². The second kappa shape index (κ2) is 9.54. The van der Waals surface area contributed by atoms with Gasteiger partial charge in [-0.3, -0.25) is 9.59 Å². The number of carboxylic acid groups (broad SMARTS) is 1. The zero-order chi connectivity index (χ0) is 18.1. The Bertz CT molecular complexity index is 561. The van der Waals surface area contributed by atoms with Crippen LogP contribution in [-0.2, 0) is 20.9 Å². The largest absolute Gasteiger partial charge is 0.480 e. The molecule has 0 aliphatic rings. The first kappa shape index (κ1) is 19.5. The van der Waals surface area contributed by atoms with E-state index >= 15 is 0 Å². The highest BCUT2D eigenvalue weighted by atomic mass is 16.5. The number of amides is 2. The number of aliphatic carboxylic acids is 1. The van der Waals surface area contributed by atoms with Crippen LogP contribution in [0, 0.1) is 5.92 Å². The molecule has 0 unspecified atom stereocenters. The predicted molar refractivity (Wildman–Crippen MR) is 88.2 cm³/mol. The molecule has 0 bridgehead atoms. The van der Waals surface area contributed by atoms with Crippen molar-refractivity contribution in [3.8, 4) is 0 Å². The summed E-state index contributed by atoms with van der Waals surface area (Å²) in [5.41, 5.74) is 0.830. The molecule has 132 valence electrons. The Morgan fingerprint density at radius 2 is 1.75 bits per heavy atom. The third-order valence-corrected chi connectivity index (χ3v) is 3.71. The molecular formula is C17H24N2O5. The van der Waals surface area contributed by atoms with Crippen LogP contribution in [0.2, 0.25) is 0 Å². The van der Waals surface area contributed by atoms with Crippen LogP contribution in [0.25, 0.3) is 0 Å². The van der Waals surface area contributed by atoms with Gasteiger partial charge in [-0.25, -0.2) is 4.79 Å². The van der Waals surface area contributed by atoms with E-state index < -0.39 is 30.1 Å². The van der Waals surface area contributed by atoms with E-state index in [1.165, 1.54) is 6.92 Å². The maximum atomic E-state index is 12.2. The Labute approximate surface area is 141 Å². The Morgan fingerprint density at radius 1 is 1.12 bits per heavy atom. The molecule has 7 heteroatoms. The van der Waals surface area contributed by atoms with Crippen molar-refractivity contribution in [1.29, 1.82) is 0 Å². The van der Waals surface area contributed by atoms with Gasteiger partial charge in [-0.1, -0.05) is 50.6 Å². The van der Waals surface area contributed by atoms with E-state index in [2.05, 4.69) is 10.6 Å². The van der Waals surface area contributed by atoms with Crippen molar-refractivity contribution in [3.63, 3.8) is 0 Å². The fourth-order valence-electron chi connectivity index (χ4n) is 1.96. The summed E-state index contributed by atoms with van der Waals surface area (Å²) in [6, 6.07) is 7.27. The number of benzene rings is 1. The minimum absolute atomic E-state index is 0.0903. The molecule has 0 fully saturated rings. The summed E-state index contributed by atoms with van der Waals surface area (Å²) in [4.78, 5) is 35.0. The van der Waals surface area contributed by atoms with Gasteiger partial charge >= 0.3 is 12.1 Å². The SMILES string of the molecule is CC[C@H](C)[C@H](NC(=O)OCc1ccccc1)C(=O)N[C@@H](C)C(=O)O. The van der Waals surface area contributed by atoms with E-state index in [0.29, 0.717) is 6.42 Å². The number of carbonyl (C=O) groups is 3. The maximum Gasteiger partial charge on any atom is 0.408 e. The third-order valence-electron chi connectivity index (χ3n) is 3.71. The molecule has 24 heavy (non-hydrogen) atoms. The van der Waals surface area contributed by atoms with Gasteiger partial charge in [0, 0.05) is 0 Å². The molecule has 0 saturated heterocycles. The zero-order valence-corrected chi connectivity index (χ0v) is 14.1. The molecule has 0 heterocycles. The highest BCUT2D eigenvalue weighted by Crippen LogP contribution is 2.09. The van der Waals surface area contributed by atoms with E-state index in [4.69, 9.17) is 9.84 Å². The van der Waals surface area contributed by atoms with Gasteiger partial charge in [-0.15, -0.1) is 0 Å². The lowest BCUT2D eigenvalue weighted by Gasteiger charge is -2.24. The molecular weight excluding hydrogens is 312 g/mol. The molecule has 1 rings (SSSR count). The van der Waals surface area contributed by atoms with Crippen LogP contribution in [0.3, 0.4) is 0 Å². The minimum Gasteiger partial charge on any atom is -0.480 e. The summed E-state index contributed by atoms with van der Waals surface area (Å²) >= 11 is 0. The van der Waals surface area contributed by atoms with Crippen LogP contribution in [0.15, 0.2) is 30.3 Å². The number of alkyl carbamates (subject to hydrolysis) is 1. The number of hydrogen-bond donors (Lipinski definition) is 3. The van der Waals surface area contributed by atoms with Crippen molar-refractivity contribution in [2.24, 2.45) is 5.92 Å². The molecule has 0 spiro atoms. The molecule has 3 atom stereocenters. The van der Waals surface area contributed by atoms with Gasteiger partial charge in [-0.05, 0) is 18.4 Å². The molecule has 2 amide bonds. The second-order valence-electron chi connectivity index (χ2n) is 5.64. The van der Waals surface area contributed by atoms with E-state index in [-0.39, 0.29) is 12.5 Å². The number of nitrogens with one attached hydrogen (secondary N) is 2. The number of ether oxygens (including phenoxy) is 1. The molecule has 3 N–H and O–H groups in total. The van der Waals surface area contributed by atoms with E-state index in [9.17, 15) is 14.4 Å². The quantitative estimate of drug-likeness (QED) is 0.673. The minimum atomic E-state index is -1.14. The molecule has 1 aromatic rings. The Balaban J connectivity index is 2.63. The summed E-state index contributed by atoms with van der Waals surface area (Å²) in [6.45, 7) is 5.13. The third kappa shape index (κ3) is 6.28. The summed E-state index contributed by atoms with van der Waals surface area (Å²) in [5, 5.41) is 13.8. The first-order valence-corrected chi connectivity index (χ1v) is 7.85. The van der Waals surface area contributed by atoms with Crippen LogP contribution < -0.4 is 10.6 Å². The lowest BCUT2D eigenvalue weighted by atomic mass is 9.98. The Morgan fingerprint density at radius 3 is 2.29 bits per heavy atom. The average Bonchev–Trinajstić information content (AvgIpc) is 2.57. The number of rotatable bonds is 8. The maximum absolute atomic E-state index is 12.2. The summed E-state index contributed by atoms with van der Waals surface area (Å²) < 4.78 is 5.11. The molecule has 0 aliphatic heterocycles. The van der Waals surface area contributed by atoms with Gasteiger partial charge < -0.3 is 20.5 Å². The highest BCUT2D eigenvalue weighted by Gasteiger charge is 2.28. The number of hydrogen-bond acceptors (Lipinski definition) is 4. The van der Waals surface area contributed by atoms with Crippen molar-refractivity contribution in [2.75, 3.05) is 0 Å². The molecule has 0 aromatic heterocycles. The smallest absolute Gasteiger partial charge is 0.408 e. The first-order valence-electron chi connectivity index (χ1n) is 7.85. The van der Waals surface area contributed by atoms with Crippen LogP contribution >= 0.6 is 0 Å². The fourth-order valence-corrected chi connectivity index (χ4v) is 1.96. The Hall–Kier alpha value is -2.57. The van der Waals surface area contributed by atoms with E-state index in [0.717, 1.165) is 5.56 Å². The monoisotopic (exact) mass is 336 g/mol. The molecule has 0 saturated carbocycles. The molecule has 0 radical (unpaired) electrons. The lowest BCUT2D eigenvalue weighted by Crippen LogP contribution is -2.53. The Kier molecular flexibility index (Phi) is 7.74. The average molecular weight is 336 g/mol. The van der Waals surface area contributed by atoms with Crippen molar-refractivity contribution in [3.05, 3.63) is 35.9 Å². The lowest BCUT2D eigenvalue weighted by molar-refractivity contribution is -0.141. The van der Waals surface area contributed by atoms with E-state index in [1.807, 2.05) is 37.3 Å². The van der Waals surface area contributed by atoms with Gasteiger partial charge in [0.05, 0.1) is 0 Å². The molecule has 7 nitrogen and oxygen atoms in total. The summed E-state index contributed by atoms with van der Waals surface area (Å²) in [5.74, 6) is -1.86. The van der Waals surface area contributed by atoms with Gasteiger partial charge in [0.2, 0.25) is 5.91 Å². The van der Waals surface area contributed by atoms with Gasteiger partial charge in [0.1, 0.15) is 18.7 Å². The highest BCUT2D eigenvalue weighted by molar-refractivity contribution is 5.89. The fraction of sp³-hybridized carbons (Fsp3) is 0.471. The van der Waals surface area contributed by atoms with Crippen molar-refractivity contribution < 1.29 is 24.2 Å². The van der Waals surface area contributed by atoms with E-state index in [1.54, 1.807) is 6.92 Å². The first-order chi connectivity index (χ1) is 11.3. The van der Waals surface area contributed by atoms with Gasteiger partial charge in [0.15, 0.2) is 0 Å². The second-order valence-corrected chi connectivity index (χ2v) is 5.64. The standard InChI is InChI=1S/C17H24N2O5/c1-4-11(2)14(15(20)18-12(3)16(21)22)19-17(23)24-10-13-8-6-5-7-9-13/h5-9,11-12,14H,4,10H2,1-3H3,(H,18,20)(H,19,23)(H,21,22)/t11-,12-,14-/m0/s1. The van der Waals surface area contributed by atoms with Crippen molar-refractivity contribution >= 4 is 18.0 Å². The molecule has 0 aliphatic carbocycles. The van der Waals surface area contributed by atoms with Crippen LogP contribution in [-0.4, -0.2) is 35.2 Å². The van der Waals surface area contributed by atoms with Crippen molar-refractivity contribution in [2.45, 2.75) is 45.9 Å². The summed E-state index contributed by atoms with van der Waals surface area (Å²) in [6.07, 6.45) is -0.0827. The topological polar surface area (TPSA) is 105 Å². The predicted octanol–water partition coefficient (Wildman–Crippen LogP) is 1.92. The zero-order valence-electron chi connectivity index (χ0n) is 14.1. The number of carbonyl (C=O) groups excluding carboxylic acids is 2. The molecule has 1 aromatic carbocycles.